The molecule has 2 rings (SSSR count). The van der Waals surface area contributed by atoms with Gasteiger partial charge in [-0.15, -0.1) is 0 Å². The summed E-state index contributed by atoms with van der Waals surface area (Å²) in [6.45, 7) is 3.61. The number of rotatable bonds is 4. The van der Waals surface area contributed by atoms with Gasteiger partial charge in [-0.25, -0.2) is 0 Å². The molecule has 86 valence electrons. The minimum atomic E-state index is 0.826. The molecular weight excluding hydrogens is 184 g/mol. The second-order valence-electron chi connectivity index (χ2n) is 5.07. The summed E-state index contributed by atoms with van der Waals surface area (Å²) in [5.41, 5.74) is 1.63. The molecule has 1 aliphatic carbocycles. The fourth-order valence-electron chi connectivity index (χ4n) is 2.73. The van der Waals surface area contributed by atoms with Crippen molar-refractivity contribution in [2.75, 3.05) is 26.7 Å². The van der Waals surface area contributed by atoms with Crippen molar-refractivity contribution in [2.24, 2.45) is 0 Å². The van der Waals surface area contributed by atoms with E-state index in [9.17, 15) is 0 Å². The Balaban J connectivity index is 1.62. The zero-order chi connectivity index (χ0) is 10.5. The fraction of sp³-hybridized carbons (Fsp3) is 0.846. The van der Waals surface area contributed by atoms with Crippen LogP contribution < -0.4 is 5.32 Å². The molecule has 0 radical (unpaired) electrons. The van der Waals surface area contributed by atoms with E-state index in [-0.39, 0.29) is 0 Å². The Morgan fingerprint density at radius 3 is 2.93 bits per heavy atom. The standard InChI is InChI=1S/C13H24N2/c1-15-10-4-5-12(11-15)8-9-14-13-6-2-3-7-13/h5,13-14H,2-4,6-11H2,1H3. The predicted octanol–water partition coefficient (Wildman–Crippen LogP) is 2.17. The predicted molar refractivity (Wildman–Crippen MR) is 65.1 cm³/mol. The van der Waals surface area contributed by atoms with Crippen LogP contribution in [0.3, 0.4) is 0 Å². The number of nitrogens with one attached hydrogen (secondary N) is 1. The van der Waals surface area contributed by atoms with E-state index in [1.807, 2.05) is 0 Å². The Morgan fingerprint density at radius 1 is 1.40 bits per heavy atom. The molecule has 1 fully saturated rings. The first-order valence-electron chi connectivity index (χ1n) is 6.44. The van der Waals surface area contributed by atoms with Gasteiger partial charge in [0.25, 0.3) is 0 Å². The van der Waals surface area contributed by atoms with E-state index >= 15 is 0 Å². The van der Waals surface area contributed by atoms with E-state index in [2.05, 4.69) is 23.3 Å². The van der Waals surface area contributed by atoms with Crippen molar-refractivity contribution in [2.45, 2.75) is 44.6 Å². The third-order valence-corrected chi connectivity index (χ3v) is 3.65. The van der Waals surface area contributed by atoms with Crippen molar-refractivity contribution in [3.8, 4) is 0 Å². The molecule has 0 spiro atoms. The highest BCUT2D eigenvalue weighted by molar-refractivity contribution is 5.08. The van der Waals surface area contributed by atoms with Crippen LogP contribution in [0, 0.1) is 0 Å². The quantitative estimate of drug-likeness (QED) is 0.712. The molecule has 2 aliphatic rings. The summed E-state index contributed by atoms with van der Waals surface area (Å²) in [4.78, 5) is 2.42. The van der Waals surface area contributed by atoms with Crippen molar-refractivity contribution in [3.05, 3.63) is 11.6 Å². The number of hydrogen-bond acceptors (Lipinski definition) is 2. The summed E-state index contributed by atoms with van der Waals surface area (Å²) in [6, 6.07) is 0.826. The summed E-state index contributed by atoms with van der Waals surface area (Å²) in [7, 11) is 2.22. The molecule has 1 saturated carbocycles. The lowest BCUT2D eigenvalue weighted by atomic mass is 10.1. The first-order chi connectivity index (χ1) is 7.34. The molecule has 15 heavy (non-hydrogen) atoms. The summed E-state index contributed by atoms with van der Waals surface area (Å²) < 4.78 is 0. The van der Waals surface area contributed by atoms with Gasteiger partial charge >= 0.3 is 0 Å². The molecule has 1 heterocycles. The lowest BCUT2D eigenvalue weighted by Gasteiger charge is -2.23. The van der Waals surface area contributed by atoms with Gasteiger partial charge in [0, 0.05) is 19.1 Å². The van der Waals surface area contributed by atoms with Gasteiger partial charge < -0.3 is 10.2 Å². The molecule has 0 bridgehead atoms. The Kier molecular flexibility index (Phi) is 4.21. The maximum Gasteiger partial charge on any atom is 0.0190 e. The van der Waals surface area contributed by atoms with E-state index < -0.39 is 0 Å². The Morgan fingerprint density at radius 2 is 2.20 bits per heavy atom. The van der Waals surface area contributed by atoms with E-state index in [1.54, 1.807) is 5.57 Å². The molecule has 1 aliphatic heterocycles. The molecule has 2 nitrogen and oxygen atoms in total. The molecular formula is C13H24N2. The lowest BCUT2D eigenvalue weighted by Crippen LogP contribution is -2.30. The summed E-state index contributed by atoms with van der Waals surface area (Å²) in [6.07, 6.45) is 10.6. The van der Waals surface area contributed by atoms with Crippen LogP contribution in [0.2, 0.25) is 0 Å². The Hall–Kier alpha value is -0.340. The smallest absolute Gasteiger partial charge is 0.0190 e. The molecule has 0 unspecified atom stereocenters. The van der Waals surface area contributed by atoms with Crippen molar-refractivity contribution in [1.82, 2.24) is 10.2 Å². The van der Waals surface area contributed by atoms with Crippen molar-refractivity contribution >= 4 is 0 Å². The lowest BCUT2D eigenvalue weighted by molar-refractivity contribution is 0.348. The van der Waals surface area contributed by atoms with E-state index in [4.69, 9.17) is 0 Å². The van der Waals surface area contributed by atoms with E-state index in [0.29, 0.717) is 0 Å². The summed E-state index contributed by atoms with van der Waals surface area (Å²) >= 11 is 0. The average molecular weight is 208 g/mol. The van der Waals surface area contributed by atoms with Crippen LogP contribution in [0.4, 0.5) is 0 Å². The summed E-state index contributed by atoms with van der Waals surface area (Å²) in [5, 5.41) is 3.68. The minimum absolute atomic E-state index is 0.826. The van der Waals surface area contributed by atoms with Gasteiger partial charge in [0.05, 0.1) is 0 Å². The molecule has 0 amide bonds. The highest BCUT2D eigenvalue weighted by Crippen LogP contribution is 2.18. The van der Waals surface area contributed by atoms with Crippen LogP contribution in [0.5, 0.6) is 0 Å². The third-order valence-electron chi connectivity index (χ3n) is 3.65. The molecule has 0 atom stereocenters. The maximum absolute atomic E-state index is 3.68. The number of nitrogens with zero attached hydrogens (tertiary/aromatic N) is 1. The number of likely N-dealkylation sites (N-methyl/N-ethyl adjacent to an activating group) is 1. The first kappa shape index (κ1) is 11.2. The minimum Gasteiger partial charge on any atom is -0.314 e. The normalized spacial score (nSPS) is 24.5. The van der Waals surface area contributed by atoms with Crippen molar-refractivity contribution < 1.29 is 0 Å². The van der Waals surface area contributed by atoms with Gasteiger partial charge in [-0.05, 0) is 39.3 Å². The van der Waals surface area contributed by atoms with E-state index in [0.717, 1.165) is 6.04 Å². The van der Waals surface area contributed by atoms with Crippen LogP contribution in [-0.4, -0.2) is 37.6 Å². The van der Waals surface area contributed by atoms with Gasteiger partial charge in [-0.3, -0.25) is 0 Å². The summed E-state index contributed by atoms with van der Waals surface area (Å²) in [5.74, 6) is 0. The topological polar surface area (TPSA) is 15.3 Å². The maximum atomic E-state index is 3.68. The van der Waals surface area contributed by atoms with Gasteiger partial charge in [0.15, 0.2) is 0 Å². The number of hydrogen-bond donors (Lipinski definition) is 1. The highest BCUT2D eigenvalue weighted by Gasteiger charge is 2.14. The molecule has 0 aromatic rings. The molecule has 0 aromatic carbocycles. The molecule has 1 N–H and O–H groups in total. The van der Waals surface area contributed by atoms with Crippen LogP contribution in [-0.2, 0) is 0 Å². The highest BCUT2D eigenvalue weighted by atomic mass is 15.1. The average Bonchev–Trinajstić information content (AvgIpc) is 2.71. The van der Waals surface area contributed by atoms with Crippen molar-refractivity contribution in [3.63, 3.8) is 0 Å². The zero-order valence-corrected chi connectivity index (χ0v) is 9.97. The third kappa shape index (κ3) is 3.62. The van der Waals surface area contributed by atoms with Crippen LogP contribution in [0.1, 0.15) is 38.5 Å². The van der Waals surface area contributed by atoms with Gasteiger partial charge in [-0.1, -0.05) is 24.5 Å². The molecule has 2 heteroatoms. The Labute approximate surface area is 93.7 Å². The zero-order valence-electron chi connectivity index (χ0n) is 9.97. The SMILES string of the molecule is CN1CCC=C(CCNC2CCCC2)C1. The second kappa shape index (κ2) is 5.66. The second-order valence-corrected chi connectivity index (χ2v) is 5.07. The van der Waals surface area contributed by atoms with Crippen molar-refractivity contribution in [1.29, 1.82) is 0 Å². The van der Waals surface area contributed by atoms with Gasteiger partial charge in [-0.2, -0.15) is 0 Å². The molecule has 0 saturated heterocycles. The van der Waals surface area contributed by atoms with Crippen LogP contribution in [0.15, 0.2) is 11.6 Å². The first-order valence-corrected chi connectivity index (χ1v) is 6.44. The molecule has 0 aromatic heterocycles. The van der Waals surface area contributed by atoms with Gasteiger partial charge in [0.1, 0.15) is 0 Å². The Bertz CT molecular complexity index is 217. The largest absolute Gasteiger partial charge is 0.314 e. The fourth-order valence-corrected chi connectivity index (χ4v) is 2.73. The van der Waals surface area contributed by atoms with Crippen LogP contribution in [0.25, 0.3) is 0 Å². The van der Waals surface area contributed by atoms with Gasteiger partial charge in [0.2, 0.25) is 0 Å². The monoisotopic (exact) mass is 208 g/mol. The van der Waals surface area contributed by atoms with Crippen LogP contribution >= 0.6 is 0 Å². The van der Waals surface area contributed by atoms with E-state index in [1.165, 1.54) is 58.2 Å².